The van der Waals surface area contributed by atoms with Gasteiger partial charge in [0.25, 0.3) is 5.91 Å². The largest absolute Gasteiger partial charge is 0.546 e. The van der Waals surface area contributed by atoms with E-state index in [4.69, 9.17) is 16.3 Å². The fourth-order valence-electron chi connectivity index (χ4n) is 2.48. The number of halogens is 1. The lowest BCUT2D eigenvalue weighted by Crippen LogP contribution is -2.28. The number of ether oxygens (including phenoxy) is 1. The minimum atomic E-state index is -1.30. The minimum absolute atomic E-state index is 0.138. The number of hydrogen-bond donors (Lipinski definition) is 0. The number of thioether (sulfide) groups is 1. The number of aliphatic carboxylic acids is 1. The van der Waals surface area contributed by atoms with Crippen molar-refractivity contribution in [2.24, 2.45) is 4.99 Å². The van der Waals surface area contributed by atoms with Crippen LogP contribution in [0.4, 0.5) is 5.69 Å². The van der Waals surface area contributed by atoms with Crippen molar-refractivity contribution in [1.82, 2.24) is 4.90 Å². The predicted molar refractivity (Wildman–Crippen MR) is 108 cm³/mol. The van der Waals surface area contributed by atoms with Crippen molar-refractivity contribution in [1.29, 1.82) is 0 Å². The molecule has 0 aliphatic carbocycles. The molecule has 0 spiro atoms. The number of benzene rings is 2. The third-order valence-electron chi connectivity index (χ3n) is 3.77. The minimum Gasteiger partial charge on any atom is -0.546 e. The van der Waals surface area contributed by atoms with Crippen LogP contribution in [0.5, 0.6) is 5.75 Å². The summed E-state index contributed by atoms with van der Waals surface area (Å²) in [6.45, 7) is 1.84. The first-order valence-corrected chi connectivity index (χ1v) is 9.64. The van der Waals surface area contributed by atoms with Crippen LogP contribution in [0.3, 0.4) is 0 Å². The number of amides is 1. The first-order chi connectivity index (χ1) is 13.5. The number of likely N-dealkylation sites (N-methyl/N-ethyl adjacent to an activating group) is 1. The number of carboxylic acid groups (broad SMARTS) is 1. The molecule has 1 heterocycles. The molecular formula is C20H16ClN2O4S-. The molecule has 0 N–H and O–H groups in total. The van der Waals surface area contributed by atoms with Crippen molar-refractivity contribution in [2.75, 3.05) is 13.2 Å². The highest BCUT2D eigenvalue weighted by molar-refractivity contribution is 8.18. The fraction of sp³-hybridized carbons (Fsp3) is 0.150. The van der Waals surface area contributed by atoms with Crippen LogP contribution >= 0.6 is 23.4 Å². The molecule has 1 aliphatic heterocycles. The Morgan fingerprint density at radius 1 is 1.29 bits per heavy atom. The molecule has 0 bridgehead atoms. The Morgan fingerprint density at radius 2 is 2.04 bits per heavy atom. The maximum Gasteiger partial charge on any atom is 0.266 e. The molecule has 0 aromatic heterocycles. The Morgan fingerprint density at radius 3 is 2.71 bits per heavy atom. The Bertz CT molecular complexity index is 957. The van der Waals surface area contributed by atoms with Crippen molar-refractivity contribution in [3.63, 3.8) is 0 Å². The zero-order chi connectivity index (χ0) is 20.1. The first kappa shape index (κ1) is 20.0. The van der Waals surface area contributed by atoms with Gasteiger partial charge < -0.3 is 14.6 Å². The van der Waals surface area contributed by atoms with Gasteiger partial charge in [0.05, 0.1) is 16.6 Å². The Hall–Kier alpha value is -2.77. The average molecular weight is 416 g/mol. The Balaban J connectivity index is 1.84. The molecule has 8 heteroatoms. The van der Waals surface area contributed by atoms with Crippen LogP contribution in [0, 0.1) is 0 Å². The Kier molecular flexibility index (Phi) is 6.38. The number of carbonyl (C=O) groups is 2. The molecule has 2 aromatic carbocycles. The van der Waals surface area contributed by atoms with Gasteiger partial charge in [-0.3, -0.25) is 9.69 Å². The van der Waals surface area contributed by atoms with E-state index in [1.54, 1.807) is 59.5 Å². The maximum absolute atomic E-state index is 12.7. The van der Waals surface area contributed by atoms with E-state index in [0.717, 1.165) is 5.56 Å². The highest BCUT2D eigenvalue weighted by atomic mass is 35.5. The van der Waals surface area contributed by atoms with Crippen LogP contribution in [0.1, 0.15) is 12.5 Å². The molecule has 144 valence electrons. The van der Waals surface area contributed by atoms with Gasteiger partial charge in [0.1, 0.15) is 12.4 Å². The zero-order valence-corrected chi connectivity index (χ0v) is 16.5. The summed E-state index contributed by atoms with van der Waals surface area (Å²) in [6.07, 6.45) is 1.73. The predicted octanol–water partition coefficient (Wildman–Crippen LogP) is 3.09. The topological polar surface area (TPSA) is 82.0 Å². The van der Waals surface area contributed by atoms with Crippen LogP contribution in [0.25, 0.3) is 6.08 Å². The number of amidine groups is 1. The lowest BCUT2D eigenvalue weighted by Gasteiger charge is -2.12. The maximum atomic E-state index is 12.7. The van der Waals surface area contributed by atoms with Crippen molar-refractivity contribution >= 4 is 52.2 Å². The number of aliphatic imine (C=N–C) groups is 1. The molecule has 2 aromatic rings. The lowest BCUT2D eigenvalue weighted by atomic mass is 10.2. The van der Waals surface area contributed by atoms with Gasteiger partial charge in [-0.2, -0.15) is 0 Å². The van der Waals surface area contributed by atoms with E-state index in [9.17, 15) is 14.7 Å². The summed E-state index contributed by atoms with van der Waals surface area (Å²) in [5.74, 6) is -1.05. The summed E-state index contributed by atoms with van der Waals surface area (Å²) in [6, 6.07) is 13.9. The second-order valence-corrected chi connectivity index (χ2v) is 7.21. The molecule has 0 unspecified atom stereocenters. The van der Waals surface area contributed by atoms with Crippen LogP contribution in [0.2, 0.25) is 5.02 Å². The monoisotopic (exact) mass is 415 g/mol. The van der Waals surface area contributed by atoms with Gasteiger partial charge in [0.15, 0.2) is 5.17 Å². The van der Waals surface area contributed by atoms with E-state index in [2.05, 4.69) is 4.99 Å². The number of carbonyl (C=O) groups excluding carboxylic acids is 2. The van der Waals surface area contributed by atoms with Gasteiger partial charge in [0, 0.05) is 11.6 Å². The van der Waals surface area contributed by atoms with Gasteiger partial charge >= 0.3 is 0 Å². The summed E-state index contributed by atoms with van der Waals surface area (Å²) in [5, 5.41) is 11.7. The molecule has 0 saturated carbocycles. The second kappa shape index (κ2) is 8.95. The van der Waals surface area contributed by atoms with Crippen molar-refractivity contribution < 1.29 is 19.4 Å². The molecule has 0 atom stereocenters. The van der Waals surface area contributed by atoms with E-state index in [1.165, 1.54) is 11.8 Å². The number of carboxylic acids is 1. The number of rotatable bonds is 6. The molecule has 3 rings (SSSR count). The summed E-state index contributed by atoms with van der Waals surface area (Å²) < 4.78 is 5.12. The standard InChI is InChI=1S/C20H17ClN2O4S/c1-2-23-19(26)17(28-20(23)22-15-8-6-14(21)7-9-15)11-13-4-3-5-16(10-13)27-12-18(24)25/h3-11H,2,12H2,1H3,(H,24,25)/p-1/b17-11+,22-20?. The molecular weight excluding hydrogens is 400 g/mol. The Labute approximate surface area is 171 Å². The lowest BCUT2D eigenvalue weighted by molar-refractivity contribution is -0.307. The highest BCUT2D eigenvalue weighted by Crippen LogP contribution is 2.34. The highest BCUT2D eigenvalue weighted by Gasteiger charge is 2.32. The van der Waals surface area contributed by atoms with E-state index in [1.807, 2.05) is 6.92 Å². The molecule has 6 nitrogen and oxygen atoms in total. The SMILES string of the molecule is CCN1C(=O)/C(=C\c2cccc(OCC(=O)[O-])c2)SC1=Nc1ccc(Cl)cc1. The molecule has 1 fully saturated rings. The first-order valence-electron chi connectivity index (χ1n) is 8.44. The third kappa shape index (κ3) is 4.94. The molecule has 0 radical (unpaired) electrons. The molecule has 1 aliphatic rings. The van der Waals surface area contributed by atoms with Gasteiger partial charge in [0.2, 0.25) is 0 Å². The van der Waals surface area contributed by atoms with Crippen molar-refractivity contribution in [2.45, 2.75) is 6.92 Å². The van der Waals surface area contributed by atoms with Gasteiger partial charge in [-0.05, 0) is 66.7 Å². The second-order valence-electron chi connectivity index (χ2n) is 5.76. The number of hydrogen-bond acceptors (Lipinski definition) is 6. The molecule has 1 saturated heterocycles. The van der Waals surface area contributed by atoms with Crippen LogP contribution < -0.4 is 9.84 Å². The van der Waals surface area contributed by atoms with Gasteiger partial charge in [-0.15, -0.1) is 0 Å². The number of nitrogens with zero attached hydrogens (tertiary/aromatic N) is 2. The zero-order valence-electron chi connectivity index (χ0n) is 14.9. The van der Waals surface area contributed by atoms with E-state index < -0.39 is 12.6 Å². The van der Waals surface area contributed by atoms with Crippen molar-refractivity contribution in [3.05, 3.63) is 64.0 Å². The smallest absolute Gasteiger partial charge is 0.266 e. The van der Waals surface area contributed by atoms with Crippen LogP contribution in [0.15, 0.2) is 58.4 Å². The normalized spacial score (nSPS) is 16.8. The molecule has 28 heavy (non-hydrogen) atoms. The summed E-state index contributed by atoms with van der Waals surface area (Å²) in [4.78, 5) is 29.9. The van der Waals surface area contributed by atoms with E-state index in [0.29, 0.717) is 33.1 Å². The average Bonchev–Trinajstić information content (AvgIpc) is 2.96. The third-order valence-corrected chi connectivity index (χ3v) is 5.03. The van der Waals surface area contributed by atoms with E-state index in [-0.39, 0.29) is 5.91 Å². The molecule has 1 amide bonds. The fourth-order valence-corrected chi connectivity index (χ4v) is 3.67. The van der Waals surface area contributed by atoms with E-state index >= 15 is 0 Å². The van der Waals surface area contributed by atoms with Crippen LogP contribution in [-0.4, -0.2) is 35.1 Å². The summed E-state index contributed by atoms with van der Waals surface area (Å²) in [7, 11) is 0. The summed E-state index contributed by atoms with van der Waals surface area (Å²) in [5.41, 5.74) is 1.42. The van der Waals surface area contributed by atoms with Crippen LogP contribution in [-0.2, 0) is 9.59 Å². The van der Waals surface area contributed by atoms with Gasteiger partial charge in [-0.25, -0.2) is 4.99 Å². The van der Waals surface area contributed by atoms with Gasteiger partial charge in [-0.1, -0.05) is 23.7 Å². The quantitative estimate of drug-likeness (QED) is 0.677. The van der Waals surface area contributed by atoms with Crippen molar-refractivity contribution in [3.8, 4) is 5.75 Å². The summed E-state index contributed by atoms with van der Waals surface area (Å²) >= 11 is 7.18.